The van der Waals surface area contributed by atoms with Crippen molar-refractivity contribution in [1.29, 1.82) is 0 Å². The summed E-state index contributed by atoms with van der Waals surface area (Å²) in [5.41, 5.74) is 7.14. The molecular weight excluding hydrogens is 399 g/mol. The van der Waals surface area contributed by atoms with Crippen molar-refractivity contribution in [3.63, 3.8) is 0 Å². The molecule has 2 N–H and O–H groups in total. The van der Waals surface area contributed by atoms with Crippen LogP contribution in [-0.2, 0) is 0 Å². The number of halogens is 1. The van der Waals surface area contributed by atoms with E-state index in [1.54, 1.807) is 24.3 Å². The third-order valence-electron chi connectivity index (χ3n) is 4.53. The average Bonchev–Trinajstić information content (AvgIpc) is 3.28. The van der Waals surface area contributed by atoms with Gasteiger partial charge in [-0.3, -0.25) is 20.4 Å². The number of hydrazine groups is 1. The van der Waals surface area contributed by atoms with Gasteiger partial charge in [-0.2, -0.15) is 0 Å². The number of aromatic nitrogens is 2. The topological polar surface area (TPSA) is 97.1 Å². The summed E-state index contributed by atoms with van der Waals surface area (Å²) in [7, 11) is 0. The monoisotopic (exact) mass is 416 g/mol. The zero-order valence-corrected chi connectivity index (χ0v) is 16.4. The molecule has 31 heavy (non-hydrogen) atoms. The molecule has 0 radical (unpaired) electrons. The molecule has 0 fully saturated rings. The van der Waals surface area contributed by atoms with Crippen LogP contribution < -0.4 is 10.9 Å². The van der Waals surface area contributed by atoms with E-state index in [4.69, 9.17) is 4.42 Å². The number of benzene rings is 3. The van der Waals surface area contributed by atoms with Crippen LogP contribution in [0.25, 0.3) is 22.9 Å². The molecule has 154 valence electrons. The molecule has 0 aliphatic heterocycles. The molecule has 0 bridgehead atoms. The minimum Gasteiger partial charge on any atom is -0.416 e. The Morgan fingerprint density at radius 2 is 1.32 bits per heavy atom. The van der Waals surface area contributed by atoms with Crippen molar-refractivity contribution in [3.8, 4) is 22.9 Å². The molecule has 4 rings (SSSR count). The average molecular weight is 416 g/mol. The van der Waals surface area contributed by atoms with Crippen molar-refractivity contribution >= 4 is 11.8 Å². The first kappa shape index (κ1) is 20.0. The summed E-state index contributed by atoms with van der Waals surface area (Å²) in [5.74, 6) is -1.27. The summed E-state index contributed by atoms with van der Waals surface area (Å²) in [6, 6.07) is 19.6. The van der Waals surface area contributed by atoms with Gasteiger partial charge < -0.3 is 4.42 Å². The predicted octanol–water partition coefficient (Wildman–Crippen LogP) is 3.93. The van der Waals surface area contributed by atoms with Crippen LogP contribution >= 0.6 is 0 Å². The van der Waals surface area contributed by atoms with Crippen LogP contribution in [0.1, 0.15) is 26.3 Å². The number of carbonyl (C=O) groups is 2. The Morgan fingerprint density at radius 3 is 1.94 bits per heavy atom. The van der Waals surface area contributed by atoms with Gasteiger partial charge in [-0.15, -0.1) is 10.2 Å². The normalized spacial score (nSPS) is 10.5. The summed E-state index contributed by atoms with van der Waals surface area (Å²) >= 11 is 0. The smallest absolute Gasteiger partial charge is 0.272 e. The molecule has 0 aliphatic rings. The summed E-state index contributed by atoms with van der Waals surface area (Å²) in [5, 5.41) is 8.11. The van der Waals surface area contributed by atoms with E-state index in [1.807, 2.05) is 31.2 Å². The second-order valence-electron chi connectivity index (χ2n) is 6.74. The van der Waals surface area contributed by atoms with Gasteiger partial charge in [0.25, 0.3) is 11.8 Å². The zero-order chi connectivity index (χ0) is 21.8. The van der Waals surface area contributed by atoms with Crippen LogP contribution in [0.3, 0.4) is 0 Å². The molecule has 4 aromatic rings. The Kier molecular flexibility index (Phi) is 5.53. The molecule has 0 spiro atoms. The maximum absolute atomic E-state index is 13.6. The highest BCUT2D eigenvalue weighted by atomic mass is 19.1. The van der Waals surface area contributed by atoms with Gasteiger partial charge in [0.15, 0.2) is 0 Å². The standard InChI is InChI=1S/C23H17FN4O3/c1-14-6-8-16(9-7-14)22-27-28-23(31-22)17-12-10-15(11-13-17)20(29)25-26-21(30)18-4-2-3-5-19(18)24/h2-13H,1H3,(H,25,29)(H,26,30). The molecule has 7 nitrogen and oxygen atoms in total. The Hall–Kier alpha value is -4.33. The summed E-state index contributed by atoms with van der Waals surface area (Å²) < 4.78 is 19.3. The fraction of sp³-hybridized carbons (Fsp3) is 0.0435. The Labute approximate surface area is 176 Å². The molecule has 1 heterocycles. The zero-order valence-electron chi connectivity index (χ0n) is 16.4. The van der Waals surface area contributed by atoms with E-state index in [1.165, 1.54) is 18.2 Å². The van der Waals surface area contributed by atoms with Gasteiger partial charge in [0.1, 0.15) is 5.82 Å². The van der Waals surface area contributed by atoms with Gasteiger partial charge in [-0.25, -0.2) is 4.39 Å². The lowest BCUT2D eigenvalue weighted by atomic mass is 10.1. The number of carbonyl (C=O) groups excluding carboxylic acids is 2. The van der Waals surface area contributed by atoms with Crippen molar-refractivity contribution in [1.82, 2.24) is 21.0 Å². The minimum absolute atomic E-state index is 0.168. The third kappa shape index (κ3) is 4.48. The van der Waals surface area contributed by atoms with Gasteiger partial charge in [0.05, 0.1) is 5.56 Å². The second kappa shape index (κ2) is 8.58. The fourth-order valence-corrected chi connectivity index (χ4v) is 2.82. The first-order chi connectivity index (χ1) is 15.0. The molecule has 0 saturated carbocycles. The summed E-state index contributed by atoms with van der Waals surface area (Å²) in [6.45, 7) is 1.99. The summed E-state index contributed by atoms with van der Waals surface area (Å²) in [4.78, 5) is 24.2. The highest BCUT2D eigenvalue weighted by molar-refractivity contribution is 5.99. The van der Waals surface area contributed by atoms with Crippen molar-refractivity contribution in [3.05, 3.63) is 95.3 Å². The maximum Gasteiger partial charge on any atom is 0.272 e. The molecule has 2 amide bonds. The van der Waals surface area contributed by atoms with Crippen molar-refractivity contribution in [2.24, 2.45) is 0 Å². The molecule has 0 aliphatic carbocycles. The van der Waals surface area contributed by atoms with Crippen LogP contribution in [0, 0.1) is 12.7 Å². The fourth-order valence-electron chi connectivity index (χ4n) is 2.82. The number of amides is 2. The Morgan fingerprint density at radius 1 is 0.774 bits per heavy atom. The van der Waals surface area contributed by atoms with E-state index in [-0.39, 0.29) is 11.1 Å². The minimum atomic E-state index is -0.752. The summed E-state index contributed by atoms with van der Waals surface area (Å²) in [6.07, 6.45) is 0. The third-order valence-corrected chi connectivity index (χ3v) is 4.53. The number of hydrogen-bond donors (Lipinski definition) is 2. The van der Waals surface area contributed by atoms with Crippen molar-refractivity contribution in [2.45, 2.75) is 6.92 Å². The number of nitrogens with one attached hydrogen (secondary N) is 2. The van der Waals surface area contributed by atoms with Gasteiger partial charge >= 0.3 is 0 Å². The van der Waals surface area contributed by atoms with E-state index in [9.17, 15) is 14.0 Å². The highest BCUT2D eigenvalue weighted by Crippen LogP contribution is 2.24. The van der Waals surface area contributed by atoms with E-state index in [0.717, 1.165) is 17.2 Å². The molecule has 0 unspecified atom stereocenters. The van der Waals surface area contributed by atoms with E-state index in [2.05, 4.69) is 21.0 Å². The quantitative estimate of drug-likeness (QED) is 0.492. The predicted molar refractivity (Wildman–Crippen MR) is 111 cm³/mol. The molecule has 0 saturated heterocycles. The lowest BCUT2D eigenvalue weighted by Gasteiger charge is -2.08. The number of aryl methyl sites for hydroxylation is 1. The van der Waals surface area contributed by atoms with E-state index >= 15 is 0 Å². The molecule has 0 atom stereocenters. The van der Waals surface area contributed by atoms with Crippen LogP contribution in [0.4, 0.5) is 4.39 Å². The highest BCUT2D eigenvalue weighted by Gasteiger charge is 2.14. The van der Waals surface area contributed by atoms with Crippen LogP contribution in [0.2, 0.25) is 0 Å². The molecule has 3 aromatic carbocycles. The molecule has 8 heteroatoms. The first-order valence-corrected chi connectivity index (χ1v) is 9.37. The van der Waals surface area contributed by atoms with Gasteiger partial charge in [-0.05, 0) is 55.5 Å². The largest absolute Gasteiger partial charge is 0.416 e. The maximum atomic E-state index is 13.6. The van der Waals surface area contributed by atoms with Crippen LogP contribution in [0.5, 0.6) is 0 Å². The van der Waals surface area contributed by atoms with Crippen LogP contribution in [-0.4, -0.2) is 22.0 Å². The Bertz CT molecular complexity index is 1230. The second-order valence-corrected chi connectivity index (χ2v) is 6.74. The first-order valence-electron chi connectivity index (χ1n) is 9.37. The SMILES string of the molecule is Cc1ccc(-c2nnc(-c3ccc(C(=O)NNC(=O)c4ccccc4F)cc3)o2)cc1. The number of hydrogen-bond acceptors (Lipinski definition) is 5. The van der Waals surface area contributed by atoms with Gasteiger partial charge in [-0.1, -0.05) is 29.8 Å². The van der Waals surface area contributed by atoms with E-state index in [0.29, 0.717) is 17.3 Å². The van der Waals surface area contributed by atoms with Gasteiger partial charge in [0, 0.05) is 16.7 Å². The van der Waals surface area contributed by atoms with Crippen LogP contribution in [0.15, 0.2) is 77.2 Å². The van der Waals surface area contributed by atoms with Crippen molar-refractivity contribution in [2.75, 3.05) is 0 Å². The van der Waals surface area contributed by atoms with E-state index < -0.39 is 17.6 Å². The van der Waals surface area contributed by atoms with Crippen molar-refractivity contribution < 1.29 is 18.4 Å². The molecule has 1 aromatic heterocycles. The van der Waals surface area contributed by atoms with Gasteiger partial charge in [0.2, 0.25) is 11.8 Å². The molecular formula is C23H17FN4O3. The lowest BCUT2D eigenvalue weighted by Crippen LogP contribution is -2.41. The number of nitrogens with zero attached hydrogens (tertiary/aromatic N) is 2. The number of rotatable bonds is 4. The lowest BCUT2D eigenvalue weighted by molar-refractivity contribution is 0.0844. The Balaban J connectivity index is 1.41.